The predicted molar refractivity (Wildman–Crippen MR) is 128 cm³/mol. The number of aromatic nitrogens is 2. The molecule has 8 nitrogen and oxygen atoms in total. The third kappa shape index (κ3) is 5.99. The number of benzene rings is 1. The van der Waals surface area contributed by atoms with E-state index in [1.165, 1.54) is 31.3 Å². The number of nitrogens with one attached hydrogen (secondary N) is 2. The van der Waals surface area contributed by atoms with Crippen molar-refractivity contribution in [1.29, 1.82) is 0 Å². The monoisotopic (exact) mass is 556 g/mol. The fraction of sp³-hybridized carbons (Fsp3) is 0.333. The van der Waals surface area contributed by atoms with Crippen LogP contribution in [0.25, 0.3) is 11.1 Å². The normalized spacial score (nSPS) is 14.8. The number of nitrogens with zero attached hydrogens (tertiary/aromatic N) is 2. The highest BCUT2D eigenvalue weighted by Crippen LogP contribution is 2.40. The van der Waals surface area contributed by atoms with Gasteiger partial charge in [0, 0.05) is 28.4 Å². The number of aryl methyl sites for hydroxylation is 1. The number of ether oxygens (including phenoxy) is 1. The van der Waals surface area contributed by atoms with Crippen molar-refractivity contribution in [3.8, 4) is 16.9 Å². The highest BCUT2D eigenvalue weighted by molar-refractivity contribution is 6.36. The van der Waals surface area contributed by atoms with Gasteiger partial charge in [0.1, 0.15) is 23.7 Å². The molecule has 1 fully saturated rings. The second-order valence-corrected chi connectivity index (χ2v) is 9.47. The molecule has 1 atom stereocenters. The summed E-state index contributed by atoms with van der Waals surface area (Å²) in [4.78, 5) is 29.4. The zero-order chi connectivity index (χ0) is 26.9. The van der Waals surface area contributed by atoms with Crippen molar-refractivity contribution in [1.82, 2.24) is 20.8 Å². The van der Waals surface area contributed by atoms with Crippen molar-refractivity contribution in [2.75, 3.05) is 6.61 Å². The Labute approximate surface area is 219 Å². The Kier molecular flexibility index (Phi) is 7.65. The molecule has 0 aliphatic heterocycles. The molecule has 1 aromatic carbocycles. The van der Waals surface area contributed by atoms with Gasteiger partial charge < -0.3 is 19.9 Å². The van der Waals surface area contributed by atoms with E-state index in [4.69, 9.17) is 32.5 Å². The molecular formula is C24H21Cl2F3N4O4. The Bertz CT molecular complexity index is 1350. The lowest BCUT2D eigenvalue weighted by Crippen LogP contribution is -2.49. The van der Waals surface area contributed by atoms with Crippen LogP contribution in [-0.4, -0.2) is 40.5 Å². The number of alkyl halides is 2. The van der Waals surface area contributed by atoms with Gasteiger partial charge in [0.15, 0.2) is 0 Å². The third-order valence-electron chi connectivity index (χ3n) is 5.69. The Morgan fingerprint density at radius 3 is 2.54 bits per heavy atom. The molecule has 0 radical (unpaired) electrons. The first-order valence-corrected chi connectivity index (χ1v) is 11.9. The van der Waals surface area contributed by atoms with E-state index in [1.54, 1.807) is 6.92 Å². The third-order valence-corrected chi connectivity index (χ3v) is 6.19. The maximum absolute atomic E-state index is 15.1. The molecule has 1 aliphatic carbocycles. The first-order valence-electron chi connectivity index (χ1n) is 11.1. The largest absolute Gasteiger partial charge is 0.485 e. The summed E-state index contributed by atoms with van der Waals surface area (Å²) in [6, 6.07) is 4.41. The minimum Gasteiger partial charge on any atom is -0.485 e. The Morgan fingerprint density at radius 2 is 1.95 bits per heavy atom. The van der Waals surface area contributed by atoms with E-state index in [0.29, 0.717) is 18.5 Å². The molecule has 0 unspecified atom stereocenters. The highest BCUT2D eigenvalue weighted by Gasteiger charge is 2.52. The van der Waals surface area contributed by atoms with E-state index in [0.717, 1.165) is 6.07 Å². The maximum Gasteiger partial charge on any atom is 0.290 e. The Hall–Kier alpha value is -3.31. The van der Waals surface area contributed by atoms with E-state index in [-0.39, 0.29) is 38.4 Å². The van der Waals surface area contributed by atoms with Gasteiger partial charge in [-0.05, 0) is 44.9 Å². The van der Waals surface area contributed by atoms with Crippen LogP contribution in [0.2, 0.25) is 10.0 Å². The number of carbonyl (C=O) groups excluding carboxylic acids is 2. The number of halogens is 5. The topological polar surface area (TPSA) is 106 Å². The predicted octanol–water partition coefficient (Wildman–Crippen LogP) is 5.27. The van der Waals surface area contributed by atoms with Crippen LogP contribution in [0.4, 0.5) is 13.2 Å². The number of rotatable bonds is 9. The van der Waals surface area contributed by atoms with E-state index in [1.807, 2.05) is 0 Å². The van der Waals surface area contributed by atoms with E-state index >= 15 is 4.39 Å². The van der Waals surface area contributed by atoms with Crippen molar-refractivity contribution in [2.45, 2.75) is 44.7 Å². The van der Waals surface area contributed by atoms with Gasteiger partial charge in [0.25, 0.3) is 12.3 Å². The first-order chi connectivity index (χ1) is 17.5. The minimum absolute atomic E-state index is 0.0223. The molecule has 0 saturated heterocycles. The average molecular weight is 557 g/mol. The van der Waals surface area contributed by atoms with Crippen LogP contribution in [0.15, 0.2) is 35.0 Å². The Morgan fingerprint density at radius 1 is 1.22 bits per heavy atom. The standard InChI is InChI=1S/C24H21Cl2F3N4O4/c1-11-5-18(37-33-11)22(34)32-24(3-4-24)23(35)31-12(2)20-17(27)6-13(9-30-20)15-7-14(25)8-16(26)21(15)36-10-19(28)29/h5-9,12,19H,3-4,10H2,1-2H3,(H,31,35)(H,32,34)/t12-/m1/s1. The molecule has 1 aliphatic rings. The van der Waals surface area contributed by atoms with E-state index < -0.39 is 42.2 Å². The highest BCUT2D eigenvalue weighted by atomic mass is 35.5. The van der Waals surface area contributed by atoms with Gasteiger partial charge in [0.2, 0.25) is 11.7 Å². The fourth-order valence-electron chi connectivity index (χ4n) is 3.67. The van der Waals surface area contributed by atoms with Gasteiger partial charge in [-0.15, -0.1) is 0 Å². The molecule has 2 amide bonds. The molecular weight excluding hydrogens is 536 g/mol. The molecule has 0 spiro atoms. The summed E-state index contributed by atoms with van der Waals surface area (Å²) in [5, 5.41) is 9.13. The quantitative estimate of drug-likeness (QED) is 0.371. The van der Waals surface area contributed by atoms with Crippen LogP contribution < -0.4 is 15.4 Å². The van der Waals surface area contributed by atoms with Crippen molar-refractivity contribution in [3.05, 3.63) is 63.5 Å². The van der Waals surface area contributed by atoms with Gasteiger partial charge in [-0.25, -0.2) is 13.2 Å². The zero-order valence-electron chi connectivity index (χ0n) is 19.6. The number of carbonyl (C=O) groups is 2. The summed E-state index contributed by atoms with van der Waals surface area (Å²) in [6.45, 7) is 2.28. The lowest BCUT2D eigenvalue weighted by Gasteiger charge is -2.21. The van der Waals surface area contributed by atoms with Crippen LogP contribution in [0.1, 0.15) is 47.7 Å². The summed E-state index contributed by atoms with van der Waals surface area (Å²) in [6.07, 6.45) is -0.660. The first kappa shape index (κ1) is 26.7. The molecule has 13 heteroatoms. The number of pyridine rings is 1. The summed E-state index contributed by atoms with van der Waals surface area (Å²) < 4.78 is 50.5. The molecule has 3 aromatic rings. The summed E-state index contributed by atoms with van der Waals surface area (Å²) in [5.74, 6) is -1.97. The lowest BCUT2D eigenvalue weighted by atomic mass is 10.0. The summed E-state index contributed by atoms with van der Waals surface area (Å²) in [5.41, 5.74) is -0.340. The number of hydrogen-bond donors (Lipinski definition) is 2. The SMILES string of the molecule is Cc1cc(C(=O)NC2(C(=O)N[C@H](C)c3ncc(-c4cc(Cl)cc(Cl)c4OCC(F)F)cc3F)CC2)on1. The van der Waals surface area contributed by atoms with Crippen LogP contribution in [0.3, 0.4) is 0 Å². The molecule has 2 N–H and O–H groups in total. The second-order valence-electron chi connectivity index (χ2n) is 8.62. The van der Waals surface area contributed by atoms with Crippen molar-refractivity contribution in [3.63, 3.8) is 0 Å². The van der Waals surface area contributed by atoms with Crippen LogP contribution in [0, 0.1) is 12.7 Å². The van der Waals surface area contributed by atoms with Crippen molar-refractivity contribution >= 4 is 35.0 Å². The van der Waals surface area contributed by atoms with Gasteiger partial charge in [-0.3, -0.25) is 14.6 Å². The molecule has 4 rings (SSSR count). The average Bonchev–Trinajstić information content (AvgIpc) is 3.48. The maximum atomic E-state index is 15.1. The van der Waals surface area contributed by atoms with Crippen LogP contribution in [-0.2, 0) is 4.79 Å². The molecule has 2 aromatic heterocycles. The van der Waals surface area contributed by atoms with E-state index in [2.05, 4.69) is 20.8 Å². The lowest BCUT2D eigenvalue weighted by molar-refractivity contribution is -0.124. The van der Waals surface area contributed by atoms with Crippen molar-refractivity contribution < 1.29 is 32.0 Å². The number of hydrogen-bond acceptors (Lipinski definition) is 6. The fourth-order valence-corrected chi connectivity index (χ4v) is 4.22. The number of amides is 2. The van der Waals surface area contributed by atoms with Crippen LogP contribution >= 0.6 is 23.2 Å². The smallest absolute Gasteiger partial charge is 0.290 e. The van der Waals surface area contributed by atoms with Gasteiger partial charge in [-0.2, -0.15) is 0 Å². The molecule has 37 heavy (non-hydrogen) atoms. The molecule has 196 valence electrons. The van der Waals surface area contributed by atoms with Gasteiger partial charge in [0.05, 0.1) is 22.5 Å². The van der Waals surface area contributed by atoms with E-state index in [9.17, 15) is 18.4 Å². The van der Waals surface area contributed by atoms with Crippen LogP contribution in [0.5, 0.6) is 5.75 Å². The molecule has 2 heterocycles. The molecule has 1 saturated carbocycles. The second kappa shape index (κ2) is 10.6. The molecule has 0 bridgehead atoms. The Balaban J connectivity index is 1.50. The van der Waals surface area contributed by atoms with Gasteiger partial charge in [-0.1, -0.05) is 28.4 Å². The summed E-state index contributed by atoms with van der Waals surface area (Å²) in [7, 11) is 0. The summed E-state index contributed by atoms with van der Waals surface area (Å²) >= 11 is 12.2. The zero-order valence-corrected chi connectivity index (χ0v) is 21.1. The van der Waals surface area contributed by atoms with Crippen molar-refractivity contribution in [2.24, 2.45) is 0 Å². The van der Waals surface area contributed by atoms with Gasteiger partial charge >= 0.3 is 0 Å². The minimum atomic E-state index is -2.75.